The predicted octanol–water partition coefficient (Wildman–Crippen LogP) is 3.46. The van der Waals surface area contributed by atoms with Crippen LogP contribution in [0.25, 0.3) is 0 Å². The molecule has 1 aromatic carbocycles. The van der Waals surface area contributed by atoms with Gasteiger partial charge in [-0.3, -0.25) is 0 Å². The van der Waals surface area contributed by atoms with Gasteiger partial charge in [-0.2, -0.15) is 0 Å². The maximum absolute atomic E-state index is 12.7. The number of benzene rings is 1. The Morgan fingerprint density at radius 2 is 1.88 bits per heavy atom. The Labute approximate surface area is 101 Å². The van der Waals surface area contributed by atoms with E-state index in [0.29, 0.717) is 16.9 Å². The molecule has 84 valence electrons. The van der Waals surface area contributed by atoms with Crippen molar-refractivity contribution < 1.29 is 13.9 Å². The number of furan rings is 1. The summed E-state index contributed by atoms with van der Waals surface area (Å²) in [4.78, 5) is 0. The lowest BCUT2D eigenvalue weighted by Gasteiger charge is -2.07. The van der Waals surface area contributed by atoms with Crippen molar-refractivity contribution in [3.8, 4) is 0 Å². The number of aliphatic hydroxyl groups is 1. The van der Waals surface area contributed by atoms with Gasteiger partial charge >= 0.3 is 0 Å². The molecule has 0 fully saturated rings. The molecular weight excluding hydrogens is 275 g/mol. The molecule has 2 rings (SSSR count). The van der Waals surface area contributed by atoms with Gasteiger partial charge in [-0.1, -0.05) is 12.1 Å². The van der Waals surface area contributed by atoms with E-state index in [1.165, 1.54) is 12.1 Å². The molecule has 2 aromatic rings. The summed E-state index contributed by atoms with van der Waals surface area (Å²) < 4.78 is 18.5. The summed E-state index contributed by atoms with van der Waals surface area (Å²) >= 11 is 3.17. The minimum atomic E-state index is -0.711. The molecule has 0 amide bonds. The molecule has 0 saturated heterocycles. The van der Waals surface area contributed by atoms with E-state index in [1.54, 1.807) is 24.3 Å². The third-order valence-corrected chi connectivity index (χ3v) is 2.69. The van der Waals surface area contributed by atoms with Gasteiger partial charge < -0.3 is 9.52 Å². The summed E-state index contributed by atoms with van der Waals surface area (Å²) in [6.07, 6.45) is -0.308. The van der Waals surface area contributed by atoms with Crippen LogP contribution < -0.4 is 0 Å². The Kier molecular flexibility index (Phi) is 3.41. The minimum absolute atomic E-state index is 0.279. The minimum Gasteiger partial charge on any atom is -0.452 e. The lowest BCUT2D eigenvalue weighted by Crippen LogP contribution is -2.00. The number of hydrogen-bond donors (Lipinski definition) is 1. The molecule has 0 aliphatic carbocycles. The molecule has 1 unspecified atom stereocenters. The van der Waals surface area contributed by atoms with E-state index < -0.39 is 6.10 Å². The van der Waals surface area contributed by atoms with Crippen molar-refractivity contribution in [1.29, 1.82) is 0 Å². The first kappa shape index (κ1) is 11.4. The van der Waals surface area contributed by atoms with Crippen molar-refractivity contribution in [3.05, 3.63) is 58.2 Å². The van der Waals surface area contributed by atoms with Crippen molar-refractivity contribution in [2.75, 3.05) is 0 Å². The van der Waals surface area contributed by atoms with E-state index in [0.717, 1.165) is 5.56 Å². The second kappa shape index (κ2) is 4.80. The van der Waals surface area contributed by atoms with Crippen LogP contribution in [0, 0.1) is 5.82 Å². The van der Waals surface area contributed by atoms with E-state index in [1.807, 2.05) is 0 Å². The van der Waals surface area contributed by atoms with Crippen molar-refractivity contribution in [2.24, 2.45) is 0 Å². The maximum atomic E-state index is 12.7. The van der Waals surface area contributed by atoms with Gasteiger partial charge in [0.2, 0.25) is 0 Å². The predicted molar refractivity (Wildman–Crippen MR) is 61.5 cm³/mol. The molecule has 0 saturated carbocycles. The van der Waals surface area contributed by atoms with Crippen LogP contribution in [0.1, 0.15) is 17.4 Å². The molecule has 1 N–H and O–H groups in total. The normalized spacial score (nSPS) is 12.7. The second-order valence-corrected chi connectivity index (χ2v) is 4.27. The summed E-state index contributed by atoms with van der Waals surface area (Å²) in [5.41, 5.74) is 0.862. The highest BCUT2D eigenvalue weighted by Gasteiger charge is 2.12. The summed E-state index contributed by atoms with van der Waals surface area (Å²) in [7, 11) is 0. The van der Waals surface area contributed by atoms with Crippen molar-refractivity contribution in [3.63, 3.8) is 0 Å². The second-order valence-electron chi connectivity index (χ2n) is 3.49. The Balaban J connectivity index is 2.07. The maximum Gasteiger partial charge on any atom is 0.169 e. The lowest BCUT2D eigenvalue weighted by molar-refractivity contribution is 0.149. The number of rotatable bonds is 3. The molecule has 0 radical (unpaired) electrons. The molecule has 1 aromatic heterocycles. The average Bonchev–Trinajstić information content (AvgIpc) is 2.68. The fourth-order valence-corrected chi connectivity index (χ4v) is 1.77. The summed E-state index contributed by atoms with van der Waals surface area (Å²) in [5.74, 6) is 0.218. The van der Waals surface area contributed by atoms with E-state index in [2.05, 4.69) is 15.9 Å². The summed E-state index contributed by atoms with van der Waals surface area (Å²) in [6, 6.07) is 9.48. The van der Waals surface area contributed by atoms with Crippen LogP contribution in [-0.2, 0) is 6.42 Å². The Hall–Kier alpha value is -1.13. The van der Waals surface area contributed by atoms with Crippen LogP contribution in [0.15, 0.2) is 45.5 Å². The molecule has 4 heteroatoms. The van der Waals surface area contributed by atoms with Gasteiger partial charge in [-0.05, 0) is 45.8 Å². The van der Waals surface area contributed by atoms with Gasteiger partial charge in [-0.25, -0.2) is 4.39 Å². The van der Waals surface area contributed by atoms with Crippen molar-refractivity contribution >= 4 is 15.9 Å². The van der Waals surface area contributed by atoms with Gasteiger partial charge in [0.15, 0.2) is 4.67 Å². The molecule has 16 heavy (non-hydrogen) atoms. The van der Waals surface area contributed by atoms with Crippen LogP contribution in [0.4, 0.5) is 4.39 Å². The smallest absolute Gasteiger partial charge is 0.169 e. The molecule has 0 spiro atoms. The number of aliphatic hydroxyl groups excluding tert-OH is 1. The van der Waals surface area contributed by atoms with E-state index >= 15 is 0 Å². The SMILES string of the molecule is OC(Cc1ccc(F)cc1)c1ccc(Br)o1. The van der Waals surface area contributed by atoms with E-state index in [4.69, 9.17) is 4.42 Å². The first-order valence-electron chi connectivity index (χ1n) is 4.83. The molecular formula is C12H10BrFO2. The van der Waals surface area contributed by atoms with Gasteiger partial charge in [0.1, 0.15) is 17.7 Å². The average molecular weight is 285 g/mol. The molecule has 2 nitrogen and oxygen atoms in total. The molecule has 1 atom stereocenters. The van der Waals surface area contributed by atoms with Gasteiger partial charge in [0.25, 0.3) is 0 Å². The molecule has 1 heterocycles. The zero-order valence-electron chi connectivity index (χ0n) is 8.36. The van der Waals surface area contributed by atoms with Crippen LogP contribution in [0.5, 0.6) is 0 Å². The Bertz CT molecular complexity index is 464. The largest absolute Gasteiger partial charge is 0.452 e. The molecule has 0 aliphatic heterocycles. The zero-order chi connectivity index (χ0) is 11.5. The highest BCUT2D eigenvalue weighted by Crippen LogP contribution is 2.23. The summed E-state index contributed by atoms with van der Waals surface area (Å²) in [6.45, 7) is 0. The van der Waals surface area contributed by atoms with Crippen LogP contribution in [-0.4, -0.2) is 5.11 Å². The van der Waals surface area contributed by atoms with Crippen molar-refractivity contribution in [1.82, 2.24) is 0 Å². The van der Waals surface area contributed by atoms with Crippen LogP contribution >= 0.6 is 15.9 Å². The molecule has 0 bridgehead atoms. The first-order chi connectivity index (χ1) is 7.65. The monoisotopic (exact) mass is 284 g/mol. The third-order valence-electron chi connectivity index (χ3n) is 2.26. The quantitative estimate of drug-likeness (QED) is 0.937. The zero-order valence-corrected chi connectivity index (χ0v) is 9.95. The first-order valence-corrected chi connectivity index (χ1v) is 5.62. The van der Waals surface area contributed by atoms with Gasteiger partial charge in [-0.15, -0.1) is 0 Å². The topological polar surface area (TPSA) is 33.4 Å². The van der Waals surface area contributed by atoms with Crippen LogP contribution in [0.3, 0.4) is 0 Å². The number of halogens is 2. The van der Waals surface area contributed by atoms with E-state index in [-0.39, 0.29) is 5.82 Å². The standard InChI is InChI=1S/C12H10BrFO2/c13-12-6-5-11(16-12)10(15)7-8-1-3-9(14)4-2-8/h1-6,10,15H,7H2. The Morgan fingerprint density at radius 3 is 2.44 bits per heavy atom. The number of hydrogen-bond acceptors (Lipinski definition) is 2. The van der Waals surface area contributed by atoms with E-state index in [9.17, 15) is 9.50 Å². The highest BCUT2D eigenvalue weighted by molar-refractivity contribution is 9.10. The summed E-state index contributed by atoms with van der Waals surface area (Å²) in [5, 5.41) is 9.85. The molecule has 0 aliphatic rings. The fourth-order valence-electron chi connectivity index (χ4n) is 1.45. The van der Waals surface area contributed by atoms with Crippen LogP contribution in [0.2, 0.25) is 0 Å². The third kappa shape index (κ3) is 2.71. The Morgan fingerprint density at radius 1 is 1.19 bits per heavy atom. The lowest BCUT2D eigenvalue weighted by atomic mass is 10.1. The van der Waals surface area contributed by atoms with Crippen molar-refractivity contribution in [2.45, 2.75) is 12.5 Å². The van der Waals surface area contributed by atoms with Gasteiger partial charge in [0.05, 0.1) is 0 Å². The fraction of sp³-hybridized carbons (Fsp3) is 0.167. The highest BCUT2D eigenvalue weighted by atomic mass is 79.9. The van der Waals surface area contributed by atoms with Gasteiger partial charge in [0, 0.05) is 6.42 Å².